The Bertz CT molecular complexity index is 442. The van der Waals surface area contributed by atoms with E-state index in [0.717, 1.165) is 16.8 Å². The molecule has 13 heavy (non-hydrogen) atoms. The monoisotopic (exact) mass is 175 g/mol. The minimum absolute atomic E-state index is 0.428. The Balaban J connectivity index is 2.66. The Morgan fingerprint density at radius 3 is 2.92 bits per heavy atom. The molecule has 0 amide bonds. The molecule has 66 valence electrons. The zero-order valence-corrected chi connectivity index (χ0v) is 7.19. The zero-order chi connectivity index (χ0) is 9.26. The topological polar surface area (TPSA) is 61.0 Å². The summed E-state index contributed by atoms with van der Waals surface area (Å²) >= 11 is 0. The van der Waals surface area contributed by atoms with Crippen molar-refractivity contribution in [3.8, 4) is 5.75 Å². The van der Waals surface area contributed by atoms with Gasteiger partial charge in [-0.1, -0.05) is 0 Å². The van der Waals surface area contributed by atoms with Crippen molar-refractivity contribution in [3.05, 3.63) is 24.4 Å². The Morgan fingerprint density at radius 1 is 1.31 bits per heavy atom. The molecule has 0 saturated heterocycles. The summed E-state index contributed by atoms with van der Waals surface area (Å²) < 4.78 is 5.05. The predicted octanol–water partition coefficient (Wildman–Crippen LogP) is 1.22. The van der Waals surface area contributed by atoms with Crippen LogP contribution in [0.15, 0.2) is 24.4 Å². The number of fused-ring (bicyclic) bond motifs is 1. The minimum Gasteiger partial charge on any atom is -0.497 e. The fourth-order valence-electron chi connectivity index (χ4n) is 1.13. The van der Waals surface area contributed by atoms with Gasteiger partial charge in [-0.2, -0.15) is 0 Å². The Labute approximate surface area is 75.4 Å². The Kier molecular flexibility index (Phi) is 1.73. The largest absolute Gasteiger partial charge is 0.497 e. The number of nitrogens with two attached hydrogens (primary N) is 1. The standard InChI is InChI=1S/C9H9N3O/c1-13-6-2-3-7-8(4-6)11-5-9(10)12-7/h2-5H,1H3,(H2,10,12). The van der Waals surface area contributed by atoms with Crippen LogP contribution in [0.25, 0.3) is 11.0 Å². The van der Waals surface area contributed by atoms with Gasteiger partial charge in [0.1, 0.15) is 11.6 Å². The fraction of sp³-hybridized carbons (Fsp3) is 0.111. The molecular weight excluding hydrogens is 166 g/mol. The van der Waals surface area contributed by atoms with Gasteiger partial charge in [-0.05, 0) is 12.1 Å². The first kappa shape index (κ1) is 7.79. The van der Waals surface area contributed by atoms with Gasteiger partial charge in [-0.25, -0.2) is 4.98 Å². The number of nitrogen functional groups attached to an aromatic ring is 1. The summed E-state index contributed by atoms with van der Waals surface area (Å²) in [5.74, 6) is 1.20. The normalized spacial score (nSPS) is 10.2. The van der Waals surface area contributed by atoms with E-state index >= 15 is 0 Å². The molecule has 0 saturated carbocycles. The van der Waals surface area contributed by atoms with Crippen LogP contribution < -0.4 is 10.5 Å². The van der Waals surface area contributed by atoms with E-state index in [-0.39, 0.29) is 0 Å². The molecule has 2 N–H and O–H groups in total. The molecule has 1 heterocycles. The van der Waals surface area contributed by atoms with Crippen molar-refractivity contribution in [1.82, 2.24) is 9.97 Å². The first-order valence-corrected chi connectivity index (χ1v) is 3.86. The number of benzene rings is 1. The zero-order valence-electron chi connectivity index (χ0n) is 7.19. The summed E-state index contributed by atoms with van der Waals surface area (Å²) in [6, 6.07) is 5.48. The highest BCUT2D eigenvalue weighted by atomic mass is 16.5. The third-order valence-electron chi connectivity index (χ3n) is 1.77. The highest BCUT2D eigenvalue weighted by molar-refractivity contribution is 5.76. The molecule has 0 unspecified atom stereocenters. The molecule has 0 radical (unpaired) electrons. The number of hydrogen-bond donors (Lipinski definition) is 1. The summed E-state index contributed by atoms with van der Waals surface area (Å²) in [4.78, 5) is 8.23. The second kappa shape index (κ2) is 2.90. The maximum atomic E-state index is 5.49. The van der Waals surface area contributed by atoms with Gasteiger partial charge in [-0.3, -0.25) is 4.98 Å². The lowest BCUT2D eigenvalue weighted by Crippen LogP contribution is -1.92. The average molecular weight is 175 g/mol. The van der Waals surface area contributed by atoms with Crippen LogP contribution in [0.1, 0.15) is 0 Å². The predicted molar refractivity (Wildman–Crippen MR) is 50.5 cm³/mol. The third kappa shape index (κ3) is 1.38. The third-order valence-corrected chi connectivity index (χ3v) is 1.77. The number of anilines is 1. The molecular formula is C9H9N3O. The van der Waals surface area contributed by atoms with E-state index in [4.69, 9.17) is 10.5 Å². The lowest BCUT2D eigenvalue weighted by molar-refractivity contribution is 0.415. The van der Waals surface area contributed by atoms with Gasteiger partial charge < -0.3 is 10.5 Å². The van der Waals surface area contributed by atoms with Gasteiger partial charge in [0, 0.05) is 6.07 Å². The second-order valence-electron chi connectivity index (χ2n) is 2.65. The van der Waals surface area contributed by atoms with Crippen LogP contribution in [0, 0.1) is 0 Å². The molecule has 0 aliphatic heterocycles. The van der Waals surface area contributed by atoms with Gasteiger partial charge in [-0.15, -0.1) is 0 Å². The molecule has 0 fully saturated rings. The maximum absolute atomic E-state index is 5.49. The molecule has 4 nitrogen and oxygen atoms in total. The highest BCUT2D eigenvalue weighted by Crippen LogP contribution is 2.17. The van der Waals surface area contributed by atoms with Crippen LogP contribution in [0.4, 0.5) is 5.82 Å². The van der Waals surface area contributed by atoms with Crippen molar-refractivity contribution < 1.29 is 4.74 Å². The van der Waals surface area contributed by atoms with Crippen LogP contribution >= 0.6 is 0 Å². The summed E-state index contributed by atoms with van der Waals surface area (Å²) in [6.45, 7) is 0. The minimum atomic E-state index is 0.428. The fourth-order valence-corrected chi connectivity index (χ4v) is 1.13. The molecule has 0 atom stereocenters. The lowest BCUT2D eigenvalue weighted by Gasteiger charge is -2.01. The van der Waals surface area contributed by atoms with Crippen LogP contribution in [0.5, 0.6) is 5.75 Å². The SMILES string of the molecule is COc1ccc2nc(N)cnc2c1. The van der Waals surface area contributed by atoms with E-state index in [1.54, 1.807) is 7.11 Å². The number of ether oxygens (including phenoxy) is 1. The van der Waals surface area contributed by atoms with Crippen LogP contribution in [-0.2, 0) is 0 Å². The van der Waals surface area contributed by atoms with Gasteiger partial charge in [0.2, 0.25) is 0 Å². The molecule has 1 aromatic carbocycles. The van der Waals surface area contributed by atoms with E-state index in [2.05, 4.69) is 9.97 Å². The summed E-state index contributed by atoms with van der Waals surface area (Å²) in [7, 11) is 1.62. The smallest absolute Gasteiger partial charge is 0.142 e. The van der Waals surface area contributed by atoms with E-state index in [1.807, 2.05) is 18.2 Å². The van der Waals surface area contributed by atoms with E-state index in [9.17, 15) is 0 Å². The number of hydrogen-bond acceptors (Lipinski definition) is 4. The molecule has 0 spiro atoms. The molecule has 0 bridgehead atoms. The molecule has 0 aliphatic carbocycles. The van der Waals surface area contributed by atoms with E-state index in [1.165, 1.54) is 6.20 Å². The second-order valence-corrected chi connectivity index (χ2v) is 2.65. The number of nitrogens with zero attached hydrogens (tertiary/aromatic N) is 2. The Hall–Kier alpha value is -1.84. The van der Waals surface area contributed by atoms with E-state index < -0.39 is 0 Å². The molecule has 2 aromatic rings. The van der Waals surface area contributed by atoms with Gasteiger partial charge in [0.25, 0.3) is 0 Å². The maximum Gasteiger partial charge on any atom is 0.142 e. The highest BCUT2D eigenvalue weighted by Gasteiger charge is 1.98. The lowest BCUT2D eigenvalue weighted by atomic mass is 10.3. The summed E-state index contributed by atoms with van der Waals surface area (Å²) in [5.41, 5.74) is 7.05. The van der Waals surface area contributed by atoms with Crippen molar-refractivity contribution in [2.45, 2.75) is 0 Å². The van der Waals surface area contributed by atoms with Crippen molar-refractivity contribution in [1.29, 1.82) is 0 Å². The molecule has 1 aromatic heterocycles. The number of aromatic nitrogens is 2. The quantitative estimate of drug-likeness (QED) is 0.707. The number of rotatable bonds is 1. The van der Waals surface area contributed by atoms with Crippen molar-refractivity contribution in [2.24, 2.45) is 0 Å². The molecule has 2 rings (SSSR count). The van der Waals surface area contributed by atoms with Gasteiger partial charge >= 0.3 is 0 Å². The average Bonchev–Trinajstić information content (AvgIpc) is 2.17. The van der Waals surface area contributed by atoms with E-state index in [0.29, 0.717) is 5.82 Å². The first-order chi connectivity index (χ1) is 6.29. The Morgan fingerprint density at radius 2 is 2.15 bits per heavy atom. The summed E-state index contributed by atoms with van der Waals surface area (Å²) in [6.07, 6.45) is 1.53. The first-order valence-electron chi connectivity index (χ1n) is 3.86. The molecule has 4 heteroatoms. The van der Waals surface area contributed by atoms with Crippen LogP contribution in [0.2, 0.25) is 0 Å². The van der Waals surface area contributed by atoms with Crippen molar-refractivity contribution in [3.63, 3.8) is 0 Å². The number of methoxy groups -OCH3 is 1. The van der Waals surface area contributed by atoms with Crippen LogP contribution in [0.3, 0.4) is 0 Å². The van der Waals surface area contributed by atoms with Gasteiger partial charge in [0.05, 0.1) is 24.3 Å². The van der Waals surface area contributed by atoms with Gasteiger partial charge in [0.15, 0.2) is 0 Å². The van der Waals surface area contributed by atoms with Crippen molar-refractivity contribution >= 4 is 16.9 Å². The molecule has 0 aliphatic rings. The summed E-state index contributed by atoms with van der Waals surface area (Å²) in [5, 5.41) is 0. The van der Waals surface area contributed by atoms with Crippen LogP contribution in [-0.4, -0.2) is 17.1 Å². The van der Waals surface area contributed by atoms with Crippen molar-refractivity contribution in [2.75, 3.05) is 12.8 Å².